The van der Waals surface area contributed by atoms with E-state index in [1.807, 2.05) is 0 Å². The summed E-state index contributed by atoms with van der Waals surface area (Å²) in [5, 5.41) is 3.74. The Morgan fingerprint density at radius 3 is 2.53 bits per heavy atom. The molecule has 1 aliphatic rings. The maximum atomic E-state index is 5.51. The fraction of sp³-hybridized carbons (Fsp3) is 0.647. The number of methoxy groups -OCH3 is 1. The van der Waals surface area contributed by atoms with Crippen LogP contribution in [0.15, 0.2) is 12.1 Å². The van der Waals surface area contributed by atoms with Crippen LogP contribution in [0.4, 0.5) is 5.69 Å². The molecule has 3 unspecified atom stereocenters. The topological polar surface area (TPSA) is 21.3 Å². The van der Waals surface area contributed by atoms with Gasteiger partial charge in [-0.05, 0) is 56.6 Å². The van der Waals surface area contributed by atoms with Gasteiger partial charge in [-0.15, -0.1) is 0 Å². The van der Waals surface area contributed by atoms with E-state index < -0.39 is 0 Å². The molecule has 0 spiro atoms. The molecule has 1 saturated carbocycles. The van der Waals surface area contributed by atoms with Gasteiger partial charge in [0.1, 0.15) is 5.75 Å². The number of aryl methyl sites for hydroxylation is 1. The fourth-order valence-electron chi connectivity index (χ4n) is 3.38. The molecule has 2 heteroatoms. The number of ether oxygens (including phenoxy) is 1. The van der Waals surface area contributed by atoms with Gasteiger partial charge in [-0.3, -0.25) is 0 Å². The van der Waals surface area contributed by atoms with Crippen LogP contribution < -0.4 is 10.1 Å². The van der Waals surface area contributed by atoms with Crippen molar-refractivity contribution in [1.82, 2.24) is 0 Å². The fourth-order valence-corrected chi connectivity index (χ4v) is 3.38. The van der Waals surface area contributed by atoms with E-state index in [0.29, 0.717) is 6.04 Å². The zero-order valence-electron chi connectivity index (χ0n) is 12.9. The summed E-state index contributed by atoms with van der Waals surface area (Å²) in [5.41, 5.74) is 3.66. The van der Waals surface area contributed by atoms with Crippen molar-refractivity contribution in [2.45, 2.75) is 53.0 Å². The van der Waals surface area contributed by atoms with E-state index in [4.69, 9.17) is 4.74 Å². The van der Waals surface area contributed by atoms with Gasteiger partial charge < -0.3 is 10.1 Å². The number of anilines is 1. The van der Waals surface area contributed by atoms with Crippen molar-refractivity contribution in [3.8, 4) is 5.75 Å². The molecule has 0 radical (unpaired) electrons. The quantitative estimate of drug-likeness (QED) is 0.862. The van der Waals surface area contributed by atoms with Gasteiger partial charge in [0.05, 0.1) is 7.11 Å². The first-order valence-corrected chi connectivity index (χ1v) is 7.43. The standard InChI is InChI=1S/C17H27NO/c1-11-6-8-15(13(3)10-11)18-16-9-7-12(2)17(19-5)14(16)4/h7,9,11,13,15,18H,6,8,10H2,1-5H3. The highest BCUT2D eigenvalue weighted by Gasteiger charge is 2.25. The Hall–Kier alpha value is -1.18. The molecule has 0 heterocycles. The zero-order chi connectivity index (χ0) is 14.0. The van der Waals surface area contributed by atoms with Crippen LogP contribution in [0.3, 0.4) is 0 Å². The van der Waals surface area contributed by atoms with E-state index in [2.05, 4.69) is 45.1 Å². The van der Waals surface area contributed by atoms with E-state index >= 15 is 0 Å². The first-order valence-electron chi connectivity index (χ1n) is 7.43. The van der Waals surface area contributed by atoms with Crippen LogP contribution in [0.2, 0.25) is 0 Å². The highest BCUT2D eigenvalue weighted by atomic mass is 16.5. The molecule has 1 aromatic carbocycles. The van der Waals surface area contributed by atoms with Gasteiger partial charge in [0.15, 0.2) is 0 Å². The third kappa shape index (κ3) is 3.05. The molecule has 19 heavy (non-hydrogen) atoms. The highest BCUT2D eigenvalue weighted by molar-refractivity contribution is 5.60. The average molecular weight is 261 g/mol. The number of rotatable bonds is 3. The number of benzene rings is 1. The largest absolute Gasteiger partial charge is 0.496 e. The van der Waals surface area contributed by atoms with Crippen LogP contribution in [-0.2, 0) is 0 Å². The summed E-state index contributed by atoms with van der Waals surface area (Å²) in [6, 6.07) is 4.93. The smallest absolute Gasteiger partial charge is 0.126 e. The Balaban J connectivity index is 2.15. The second kappa shape index (κ2) is 5.85. The van der Waals surface area contributed by atoms with E-state index in [0.717, 1.165) is 17.6 Å². The summed E-state index contributed by atoms with van der Waals surface area (Å²) in [4.78, 5) is 0. The summed E-state index contributed by atoms with van der Waals surface area (Å²) in [6.07, 6.45) is 3.95. The molecular formula is C17H27NO. The molecule has 1 N–H and O–H groups in total. The monoisotopic (exact) mass is 261 g/mol. The molecule has 0 aromatic heterocycles. The van der Waals surface area contributed by atoms with Crippen LogP contribution in [0.5, 0.6) is 5.75 Å². The van der Waals surface area contributed by atoms with Gasteiger partial charge in [0.25, 0.3) is 0 Å². The summed E-state index contributed by atoms with van der Waals surface area (Å²) < 4.78 is 5.51. The summed E-state index contributed by atoms with van der Waals surface area (Å²) in [6.45, 7) is 8.98. The molecule has 2 nitrogen and oxygen atoms in total. The maximum absolute atomic E-state index is 5.51. The number of hydrogen-bond acceptors (Lipinski definition) is 2. The summed E-state index contributed by atoms with van der Waals surface area (Å²) in [5.74, 6) is 2.64. The molecular weight excluding hydrogens is 234 g/mol. The van der Waals surface area contributed by atoms with Crippen molar-refractivity contribution in [3.63, 3.8) is 0 Å². The van der Waals surface area contributed by atoms with Crippen LogP contribution in [0.25, 0.3) is 0 Å². The predicted octanol–water partition coefficient (Wildman–Crippen LogP) is 4.55. The van der Waals surface area contributed by atoms with Crippen molar-refractivity contribution < 1.29 is 4.74 Å². The molecule has 1 aliphatic carbocycles. The lowest BCUT2D eigenvalue weighted by Crippen LogP contribution is -2.33. The van der Waals surface area contributed by atoms with Gasteiger partial charge in [0.2, 0.25) is 0 Å². The van der Waals surface area contributed by atoms with Gasteiger partial charge >= 0.3 is 0 Å². The van der Waals surface area contributed by atoms with E-state index in [9.17, 15) is 0 Å². The normalized spacial score (nSPS) is 27.1. The number of hydrogen-bond donors (Lipinski definition) is 1. The van der Waals surface area contributed by atoms with Gasteiger partial charge in [0, 0.05) is 17.3 Å². The minimum Gasteiger partial charge on any atom is -0.496 e. The SMILES string of the molecule is COc1c(C)ccc(NC2CCC(C)CC2C)c1C. The van der Waals surface area contributed by atoms with E-state index in [1.54, 1.807) is 7.11 Å². The third-order valence-corrected chi connectivity index (χ3v) is 4.58. The van der Waals surface area contributed by atoms with Crippen LogP contribution in [0, 0.1) is 25.7 Å². The summed E-state index contributed by atoms with van der Waals surface area (Å²) in [7, 11) is 1.75. The molecule has 2 rings (SSSR count). The Morgan fingerprint density at radius 1 is 1.16 bits per heavy atom. The third-order valence-electron chi connectivity index (χ3n) is 4.58. The van der Waals surface area contributed by atoms with Crippen molar-refractivity contribution in [1.29, 1.82) is 0 Å². The van der Waals surface area contributed by atoms with Crippen molar-refractivity contribution in [3.05, 3.63) is 23.3 Å². The van der Waals surface area contributed by atoms with Crippen LogP contribution in [-0.4, -0.2) is 13.2 Å². The lowest BCUT2D eigenvalue weighted by molar-refractivity contribution is 0.276. The van der Waals surface area contributed by atoms with E-state index in [-0.39, 0.29) is 0 Å². The molecule has 1 aromatic rings. The molecule has 0 aliphatic heterocycles. The molecule has 0 bridgehead atoms. The Bertz CT molecular complexity index is 441. The molecule has 0 saturated heterocycles. The molecule has 3 atom stereocenters. The minimum absolute atomic E-state index is 0.599. The Kier molecular flexibility index (Phi) is 4.38. The Morgan fingerprint density at radius 2 is 1.89 bits per heavy atom. The first-order chi connectivity index (χ1) is 9.02. The minimum atomic E-state index is 0.599. The molecule has 106 valence electrons. The van der Waals surface area contributed by atoms with Gasteiger partial charge in [-0.2, -0.15) is 0 Å². The average Bonchev–Trinajstić information content (AvgIpc) is 2.36. The van der Waals surface area contributed by atoms with E-state index in [1.165, 1.54) is 36.1 Å². The lowest BCUT2D eigenvalue weighted by atomic mass is 9.79. The van der Waals surface area contributed by atoms with Gasteiger partial charge in [-0.25, -0.2) is 0 Å². The number of nitrogens with one attached hydrogen (secondary N) is 1. The van der Waals surface area contributed by atoms with Crippen LogP contribution >= 0.6 is 0 Å². The maximum Gasteiger partial charge on any atom is 0.126 e. The summed E-state index contributed by atoms with van der Waals surface area (Å²) >= 11 is 0. The Labute approximate surface area is 117 Å². The van der Waals surface area contributed by atoms with Crippen molar-refractivity contribution in [2.75, 3.05) is 12.4 Å². The van der Waals surface area contributed by atoms with Crippen molar-refractivity contribution in [2.24, 2.45) is 11.8 Å². The predicted molar refractivity (Wildman–Crippen MR) is 82.1 cm³/mol. The van der Waals surface area contributed by atoms with Crippen LogP contribution in [0.1, 0.15) is 44.2 Å². The second-order valence-electron chi connectivity index (χ2n) is 6.23. The lowest BCUT2D eigenvalue weighted by Gasteiger charge is -2.34. The molecule has 1 fully saturated rings. The molecule has 0 amide bonds. The van der Waals surface area contributed by atoms with Gasteiger partial charge in [-0.1, -0.05) is 19.9 Å². The zero-order valence-corrected chi connectivity index (χ0v) is 12.9. The second-order valence-corrected chi connectivity index (χ2v) is 6.23. The highest BCUT2D eigenvalue weighted by Crippen LogP contribution is 2.34. The van der Waals surface area contributed by atoms with Crippen molar-refractivity contribution >= 4 is 5.69 Å². The first kappa shape index (κ1) is 14.2.